The summed E-state index contributed by atoms with van der Waals surface area (Å²) < 4.78 is 0. The largest absolute Gasteiger partial charge is 0.361 e. The number of rotatable bonds is 3. The zero-order chi connectivity index (χ0) is 11.7. The first-order chi connectivity index (χ1) is 7.58. The number of nitrogens with one attached hydrogen (secondary N) is 1. The van der Waals surface area contributed by atoms with Crippen LogP contribution >= 0.6 is 0 Å². The lowest BCUT2D eigenvalue weighted by Crippen LogP contribution is -1.95. The number of fused-ring (bicyclic) bond motifs is 1. The second-order valence-electron chi connectivity index (χ2n) is 4.65. The third-order valence-electron chi connectivity index (χ3n) is 2.90. The molecule has 0 bridgehead atoms. The number of H-pyrrole nitrogens is 1. The zero-order valence-electron chi connectivity index (χ0n) is 10.0. The summed E-state index contributed by atoms with van der Waals surface area (Å²) in [6, 6.07) is 6.42. The Morgan fingerprint density at radius 1 is 1.38 bits per heavy atom. The van der Waals surface area contributed by atoms with Crippen molar-refractivity contribution in [3.05, 3.63) is 35.5 Å². The lowest BCUT2D eigenvalue weighted by molar-refractivity contribution is -0.116. The lowest BCUT2D eigenvalue weighted by atomic mass is 9.99. The fraction of sp³-hybridized carbons (Fsp3) is 0.357. The topological polar surface area (TPSA) is 32.9 Å². The number of aromatic amines is 1. The van der Waals surface area contributed by atoms with Crippen molar-refractivity contribution in [1.82, 2.24) is 4.98 Å². The molecule has 0 aliphatic rings. The fourth-order valence-corrected chi connectivity index (χ4v) is 1.97. The standard InChI is InChI=1S/C14H17NO/c1-9(2)11-4-5-14-13(7-11)12(8-15-14)6-10(3)16/h4-5,7-9,15H,6H2,1-3H3. The molecule has 1 aromatic carbocycles. The van der Waals surface area contributed by atoms with E-state index in [4.69, 9.17) is 0 Å². The van der Waals surface area contributed by atoms with Crippen LogP contribution in [0.3, 0.4) is 0 Å². The molecule has 1 N–H and O–H groups in total. The maximum atomic E-state index is 11.2. The van der Waals surface area contributed by atoms with E-state index in [-0.39, 0.29) is 5.78 Å². The Balaban J connectivity index is 2.51. The first-order valence-corrected chi connectivity index (χ1v) is 5.67. The Bertz CT molecular complexity index is 523. The van der Waals surface area contributed by atoms with Gasteiger partial charge in [0.2, 0.25) is 0 Å². The van der Waals surface area contributed by atoms with E-state index in [2.05, 4.69) is 37.0 Å². The fourth-order valence-electron chi connectivity index (χ4n) is 1.97. The van der Waals surface area contributed by atoms with E-state index in [0.29, 0.717) is 12.3 Å². The van der Waals surface area contributed by atoms with Gasteiger partial charge in [-0.15, -0.1) is 0 Å². The van der Waals surface area contributed by atoms with Crippen molar-refractivity contribution < 1.29 is 4.79 Å². The number of benzene rings is 1. The van der Waals surface area contributed by atoms with Gasteiger partial charge in [-0.05, 0) is 36.1 Å². The van der Waals surface area contributed by atoms with Crippen molar-refractivity contribution in [3.63, 3.8) is 0 Å². The first kappa shape index (κ1) is 10.9. The lowest BCUT2D eigenvalue weighted by Gasteiger charge is -2.05. The molecule has 0 atom stereocenters. The zero-order valence-corrected chi connectivity index (χ0v) is 10.0. The molecule has 1 aromatic heterocycles. The maximum absolute atomic E-state index is 11.2. The molecular formula is C14H17NO. The number of ketones is 1. The van der Waals surface area contributed by atoms with Crippen LogP contribution in [0.5, 0.6) is 0 Å². The molecule has 84 valence electrons. The second kappa shape index (κ2) is 4.12. The van der Waals surface area contributed by atoms with Crippen molar-refractivity contribution in [1.29, 1.82) is 0 Å². The smallest absolute Gasteiger partial charge is 0.134 e. The van der Waals surface area contributed by atoms with Crippen molar-refractivity contribution in [3.8, 4) is 0 Å². The van der Waals surface area contributed by atoms with E-state index in [1.165, 1.54) is 10.9 Å². The van der Waals surface area contributed by atoms with Gasteiger partial charge in [0, 0.05) is 23.5 Å². The van der Waals surface area contributed by atoms with E-state index >= 15 is 0 Å². The predicted octanol–water partition coefficient (Wildman–Crippen LogP) is 3.42. The minimum atomic E-state index is 0.204. The van der Waals surface area contributed by atoms with Crippen LogP contribution in [-0.2, 0) is 11.2 Å². The third-order valence-corrected chi connectivity index (χ3v) is 2.90. The molecule has 2 rings (SSSR count). The number of hydrogen-bond donors (Lipinski definition) is 1. The number of aromatic nitrogens is 1. The van der Waals surface area contributed by atoms with Gasteiger partial charge in [-0.2, -0.15) is 0 Å². The first-order valence-electron chi connectivity index (χ1n) is 5.67. The summed E-state index contributed by atoms with van der Waals surface area (Å²) in [5.41, 5.74) is 3.53. The van der Waals surface area contributed by atoms with Crippen molar-refractivity contribution >= 4 is 16.7 Å². The number of carbonyl (C=O) groups excluding carboxylic acids is 1. The van der Waals surface area contributed by atoms with Crippen LogP contribution in [0.25, 0.3) is 10.9 Å². The summed E-state index contributed by atoms with van der Waals surface area (Å²) in [6.45, 7) is 5.99. The highest BCUT2D eigenvalue weighted by Crippen LogP contribution is 2.24. The molecule has 0 unspecified atom stereocenters. The van der Waals surface area contributed by atoms with Crippen LogP contribution in [0.1, 0.15) is 37.8 Å². The summed E-state index contributed by atoms with van der Waals surface area (Å²) in [6.07, 6.45) is 2.46. The SMILES string of the molecule is CC(=O)Cc1c[nH]c2ccc(C(C)C)cc12. The van der Waals surface area contributed by atoms with E-state index in [0.717, 1.165) is 11.1 Å². The molecule has 0 spiro atoms. The average Bonchev–Trinajstić information content (AvgIpc) is 2.60. The van der Waals surface area contributed by atoms with E-state index in [9.17, 15) is 4.79 Å². The number of carbonyl (C=O) groups is 1. The van der Waals surface area contributed by atoms with Gasteiger partial charge in [-0.1, -0.05) is 19.9 Å². The molecule has 16 heavy (non-hydrogen) atoms. The van der Waals surface area contributed by atoms with Gasteiger partial charge >= 0.3 is 0 Å². The molecule has 0 saturated heterocycles. The van der Waals surface area contributed by atoms with Gasteiger partial charge < -0.3 is 4.98 Å². The highest BCUT2D eigenvalue weighted by Gasteiger charge is 2.07. The van der Waals surface area contributed by atoms with E-state index in [1.807, 2.05) is 6.20 Å². The van der Waals surface area contributed by atoms with Crippen LogP contribution in [0.2, 0.25) is 0 Å². The minimum absolute atomic E-state index is 0.204. The van der Waals surface area contributed by atoms with Crippen LogP contribution in [0.15, 0.2) is 24.4 Å². The highest BCUT2D eigenvalue weighted by molar-refractivity contribution is 5.89. The van der Waals surface area contributed by atoms with Crippen molar-refractivity contribution in [2.24, 2.45) is 0 Å². The molecule has 0 radical (unpaired) electrons. The number of hydrogen-bond acceptors (Lipinski definition) is 1. The molecule has 2 heteroatoms. The quantitative estimate of drug-likeness (QED) is 0.836. The monoisotopic (exact) mass is 215 g/mol. The van der Waals surface area contributed by atoms with Gasteiger partial charge in [-0.25, -0.2) is 0 Å². The Labute approximate surface area is 95.7 Å². The maximum Gasteiger partial charge on any atom is 0.134 e. The normalized spacial score (nSPS) is 11.2. The molecule has 0 aliphatic heterocycles. The Kier molecular flexibility index (Phi) is 2.82. The van der Waals surface area contributed by atoms with Crippen LogP contribution in [0, 0.1) is 0 Å². The van der Waals surface area contributed by atoms with Gasteiger partial charge in [0.15, 0.2) is 0 Å². The van der Waals surface area contributed by atoms with Gasteiger partial charge in [0.25, 0.3) is 0 Å². The molecule has 1 heterocycles. The summed E-state index contributed by atoms with van der Waals surface area (Å²) in [4.78, 5) is 14.4. The van der Waals surface area contributed by atoms with Crippen molar-refractivity contribution in [2.75, 3.05) is 0 Å². The minimum Gasteiger partial charge on any atom is -0.361 e. The van der Waals surface area contributed by atoms with Crippen LogP contribution in [-0.4, -0.2) is 10.8 Å². The molecule has 0 fully saturated rings. The summed E-state index contributed by atoms with van der Waals surface area (Å²) in [7, 11) is 0. The summed E-state index contributed by atoms with van der Waals surface area (Å²) >= 11 is 0. The third kappa shape index (κ3) is 2.01. The molecule has 0 saturated carbocycles. The molecule has 2 nitrogen and oxygen atoms in total. The van der Waals surface area contributed by atoms with Gasteiger partial charge in [-0.3, -0.25) is 4.79 Å². The Hall–Kier alpha value is -1.57. The summed E-state index contributed by atoms with van der Waals surface area (Å²) in [5.74, 6) is 0.723. The summed E-state index contributed by atoms with van der Waals surface area (Å²) in [5, 5.41) is 1.18. The highest BCUT2D eigenvalue weighted by atomic mass is 16.1. The van der Waals surface area contributed by atoms with Crippen LogP contribution in [0.4, 0.5) is 0 Å². The molecule has 2 aromatic rings. The van der Waals surface area contributed by atoms with E-state index < -0.39 is 0 Å². The molecular weight excluding hydrogens is 198 g/mol. The average molecular weight is 215 g/mol. The van der Waals surface area contributed by atoms with Crippen LogP contribution < -0.4 is 0 Å². The van der Waals surface area contributed by atoms with E-state index in [1.54, 1.807) is 6.92 Å². The van der Waals surface area contributed by atoms with Gasteiger partial charge in [0.1, 0.15) is 5.78 Å². The Morgan fingerprint density at radius 2 is 2.12 bits per heavy atom. The molecule has 0 aliphatic carbocycles. The number of Topliss-reactive ketones (excluding diaryl/α,β-unsaturated/α-hetero) is 1. The van der Waals surface area contributed by atoms with Crippen molar-refractivity contribution in [2.45, 2.75) is 33.1 Å². The Morgan fingerprint density at radius 3 is 2.75 bits per heavy atom. The second-order valence-corrected chi connectivity index (χ2v) is 4.65. The predicted molar refractivity (Wildman–Crippen MR) is 66.8 cm³/mol. The van der Waals surface area contributed by atoms with Gasteiger partial charge in [0.05, 0.1) is 0 Å². The molecule has 0 amide bonds.